The van der Waals surface area contributed by atoms with E-state index in [9.17, 15) is 0 Å². The molecular formula is C25H17N2S2. The molecule has 139 valence electrons. The van der Waals surface area contributed by atoms with Crippen molar-refractivity contribution in [3.8, 4) is 17.3 Å². The van der Waals surface area contributed by atoms with Crippen molar-refractivity contribution in [1.82, 2.24) is 4.98 Å². The molecule has 1 aliphatic rings. The van der Waals surface area contributed by atoms with Crippen LogP contribution in [0.1, 0.15) is 32.4 Å². The van der Waals surface area contributed by atoms with Gasteiger partial charge >= 0.3 is 0 Å². The first-order valence-corrected chi connectivity index (χ1v) is 11.2. The molecule has 5 rings (SSSR count). The molecule has 2 nitrogen and oxygen atoms in total. The van der Waals surface area contributed by atoms with Crippen LogP contribution in [0.3, 0.4) is 0 Å². The van der Waals surface area contributed by atoms with E-state index in [0.717, 1.165) is 22.9 Å². The molecule has 0 saturated carbocycles. The summed E-state index contributed by atoms with van der Waals surface area (Å²) in [5.74, 6) is 0. The van der Waals surface area contributed by atoms with Crippen LogP contribution in [0.15, 0.2) is 77.1 Å². The largest absolute Gasteiger partial charge is 0.229 e. The van der Waals surface area contributed by atoms with Gasteiger partial charge in [-0.3, -0.25) is 0 Å². The molecule has 1 aromatic heterocycles. The van der Waals surface area contributed by atoms with Crippen molar-refractivity contribution in [2.24, 2.45) is 0 Å². The molecule has 1 heterocycles. The molecule has 4 aromatic rings. The number of fused-ring (bicyclic) bond motifs is 3. The van der Waals surface area contributed by atoms with Crippen LogP contribution in [0.25, 0.3) is 11.3 Å². The Hall–Kier alpha value is -2.87. The first-order valence-electron chi connectivity index (χ1n) is 9.53. The number of aryl methyl sites for hydroxylation is 2. The van der Waals surface area contributed by atoms with Gasteiger partial charge in [0.15, 0.2) is 4.34 Å². The van der Waals surface area contributed by atoms with E-state index < -0.39 is 0 Å². The van der Waals surface area contributed by atoms with Crippen molar-refractivity contribution < 1.29 is 0 Å². The summed E-state index contributed by atoms with van der Waals surface area (Å²) in [6.07, 6.45) is 2.07. The van der Waals surface area contributed by atoms with Gasteiger partial charge in [-0.2, -0.15) is 5.26 Å². The smallest absolute Gasteiger partial charge is 0.151 e. The number of aromatic nitrogens is 1. The van der Waals surface area contributed by atoms with Crippen LogP contribution in [-0.4, -0.2) is 4.98 Å². The van der Waals surface area contributed by atoms with E-state index in [1.165, 1.54) is 27.1 Å². The lowest BCUT2D eigenvalue weighted by Crippen LogP contribution is -2.01. The van der Waals surface area contributed by atoms with Crippen molar-refractivity contribution in [2.75, 3.05) is 0 Å². The molecule has 0 aliphatic heterocycles. The Bertz CT molecular complexity index is 1190. The van der Waals surface area contributed by atoms with Gasteiger partial charge in [-0.05, 0) is 47.7 Å². The average Bonchev–Trinajstić information content (AvgIpc) is 3.21. The third kappa shape index (κ3) is 3.60. The first kappa shape index (κ1) is 18.2. The molecule has 3 aromatic carbocycles. The maximum absolute atomic E-state index is 9.13. The first-order chi connectivity index (χ1) is 14.3. The molecule has 0 saturated heterocycles. The van der Waals surface area contributed by atoms with E-state index in [4.69, 9.17) is 10.2 Å². The maximum Gasteiger partial charge on any atom is 0.151 e. The van der Waals surface area contributed by atoms with Crippen molar-refractivity contribution in [2.45, 2.75) is 22.4 Å². The Morgan fingerprint density at radius 3 is 2.55 bits per heavy atom. The summed E-state index contributed by atoms with van der Waals surface area (Å²) in [7, 11) is 0. The predicted molar refractivity (Wildman–Crippen MR) is 119 cm³/mol. The zero-order valence-corrected chi connectivity index (χ0v) is 17.3. The fourth-order valence-corrected chi connectivity index (χ4v) is 6.21. The summed E-state index contributed by atoms with van der Waals surface area (Å²) < 4.78 is 1.09. The summed E-state index contributed by atoms with van der Waals surface area (Å²) in [4.78, 5) is 6.39. The average molecular weight is 410 g/mol. The number of nitrogens with zero attached hydrogens (tertiary/aromatic N) is 2. The Morgan fingerprint density at radius 2 is 1.76 bits per heavy atom. The highest BCUT2D eigenvalue weighted by Gasteiger charge is 2.23. The Kier molecular flexibility index (Phi) is 4.93. The number of rotatable bonds is 4. The molecule has 0 spiro atoms. The molecule has 4 heteroatoms. The summed E-state index contributed by atoms with van der Waals surface area (Å²) in [6, 6.07) is 30.2. The van der Waals surface area contributed by atoms with Crippen molar-refractivity contribution in [1.29, 1.82) is 5.26 Å². The van der Waals surface area contributed by atoms with Gasteiger partial charge in [-0.1, -0.05) is 72.4 Å². The Balaban J connectivity index is 1.52. The van der Waals surface area contributed by atoms with E-state index in [0.29, 0.717) is 5.56 Å². The maximum atomic E-state index is 9.13. The molecule has 1 atom stereocenters. The van der Waals surface area contributed by atoms with Crippen molar-refractivity contribution >= 4 is 23.1 Å². The van der Waals surface area contributed by atoms with Gasteiger partial charge in [0.05, 0.1) is 22.6 Å². The number of hydrogen-bond donors (Lipinski definition) is 0. The van der Waals surface area contributed by atoms with Gasteiger partial charge < -0.3 is 0 Å². The lowest BCUT2D eigenvalue weighted by atomic mass is 9.94. The third-order valence-corrected chi connectivity index (χ3v) is 7.66. The quantitative estimate of drug-likeness (QED) is 0.363. The van der Waals surface area contributed by atoms with Crippen molar-refractivity contribution in [3.63, 3.8) is 0 Å². The number of thioether (sulfide) groups is 1. The fourth-order valence-electron chi connectivity index (χ4n) is 3.69. The van der Waals surface area contributed by atoms with Crippen molar-refractivity contribution in [3.05, 3.63) is 106 Å². The second-order valence-electron chi connectivity index (χ2n) is 6.96. The minimum absolute atomic E-state index is 0.137. The van der Waals surface area contributed by atoms with Crippen LogP contribution in [0, 0.1) is 17.4 Å². The normalized spacial score (nSPS) is 13.2. The molecule has 0 amide bonds. The van der Waals surface area contributed by atoms with Crippen LogP contribution in [0.4, 0.5) is 0 Å². The van der Waals surface area contributed by atoms with Gasteiger partial charge in [0.1, 0.15) is 0 Å². The minimum Gasteiger partial charge on any atom is -0.229 e. The topological polar surface area (TPSA) is 36.7 Å². The summed E-state index contributed by atoms with van der Waals surface area (Å²) in [6.45, 7) is 0. The summed E-state index contributed by atoms with van der Waals surface area (Å²) in [5, 5.41) is 9.26. The van der Waals surface area contributed by atoms with Gasteiger partial charge in [0.2, 0.25) is 0 Å². The Labute approximate surface area is 178 Å². The van der Waals surface area contributed by atoms with E-state index in [1.54, 1.807) is 11.8 Å². The lowest BCUT2D eigenvalue weighted by Gasteiger charge is -2.16. The zero-order chi connectivity index (χ0) is 19.6. The SMILES string of the molecule is N#Cc1ccc(C(Sc2nc3c(s2)CCc2[c]cccc2-3)c2ccccc2)cc1. The number of benzene rings is 3. The molecule has 1 radical (unpaired) electrons. The van der Waals surface area contributed by atoms with E-state index >= 15 is 0 Å². The van der Waals surface area contributed by atoms with Gasteiger partial charge in [0.25, 0.3) is 0 Å². The van der Waals surface area contributed by atoms with Crippen LogP contribution in [0.5, 0.6) is 0 Å². The number of hydrogen-bond acceptors (Lipinski definition) is 4. The molecule has 1 aliphatic carbocycles. The second kappa shape index (κ2) is 7.87. The van der Waals surface area contributed by atoms with Crippen LogP contribution in [0.2, 0.25) is 0 Å². The van der Waals surface area contributed by atoms with Gasteiger partial charge in [-0.25, -0.2) is 4.98 Å². The van der Waals surface area contributed by atoms with Crippen LogP contribution < -0.4 is 0 Å². The molecule has 0 fully saturated rings. The molecular weight excluding hydrogens is 392 g/mol. The lowest BCUT2D eigenvalue weighted by molar-refractivity contribution is 0.951. The molecule has 29 heavy (non-hydrogen) atoms. The molecule has 0 bridgehead atoms. The fraction of sp³-hybridized carbons (Fsp3) is 0.120. The monoisotopic (exact) mass is 409 g/mol. The van der Waals surface area contributed by atoms with Crippen LogP contribution in [-0.2, 0) is 12.8 Å². The molecule has 1 unspecified atom stereocenters. The summed E-state index contributed by atoms with van der Waals surface area (Å²) >= 11 is 3.60. The van der Waals surface area contributed by atoms with Crippen LogP contribution >= 0.6 is 23.1 Å². The van der Waals surface area contributed by atoms with E-state index in [-0.39, 0.29) is 5.25 Å². The number of nitriles is 1. The predicted octanol–water partition coefficient (Wildman–Crippen LogP) is 6.46. The standard InChI is InChI=1S/C25H17N2S2/c26-16-17-10-12-20(13-11-17)24(19-7-2-1-3-8-19)29-25-27-23-21-9-5-4-6-18(21)14-15-22(23)28-25/h1-5,7-13,24H,14-15H2. The minimum atomic E-state index is 0.137. The Morgan fingerprint density at radius 1 is 0.966 bits per heavy atom. The zero-order valence-electron chi connectivity index (χ0n) is 15.6. The number of thiazole rings is 1. The van der Waals surface area contributed by atoms with E-state index in [2.05, 4.69) is 54.6 Å². The van der Waals surface area contributed by atoms with Gasteiger partial charge in [0, 0.05) is 10.4 Å². The van der Waals surface area contributed by atoms with E-state index in [1.807, 2.05) is 41.7 Å². The highest BCUT2D eigenvalue weighted by atomic mass is 32.2. The highest BCUT2D eigenvalue weighted by molar-refractivity contribution is 8.01. The highest BCUT2D eigenvalue weighted by Crippen LogP contribution is 2.45. The molecule has 0 N–H and O–H groups in total. The van der Waals surface area contributed by atoms with Gasteiger partial charge in [-0.15, -0.1) is 11.3 Å². The second-order valence-corrected chi connectivity index (χ2v) is 9.39. The summed E-state index contributed by atoms with van der Waals surface area (Å²) in [5.41, 5.74) is 6.73. The third-order valence-electron chi connectivity index (χ3n) is 5.14.